The second-order valence-corrected chi connectivity index (χ2v) is 7.83. The van der Waals surface area contributed by atoms with Crippen LogP contribution in [0.15, 0.2) is 18.2 Å². The van der Waals surface area contributed by atoms with Gasteiger partial charge >= 0.3 is 5.97 Å². The number of amides is 1. The number of carbonyl (C=O) groups is 2. The second kappa shape index (κ2) is 4.82. The molecule has 2 bridgehead atoms. The summed E-state index contributed by atoms with van der Waals surface area (Å²) in [6.07, 6.45) is 0.870. The lowest BCUT2D eigenvalue weighted by molar-refractivity contribution is -0.145. The van der Waals surface area contributed by atoms with Crippen LogP contribution in [0.25, 0.3) is 0 Å². The normalized spacial score (nSPS) is 38.2. The molecule has 2 aliphatic carbocycles. The number of hydrogen-bond acceptors (Lipinski definition) is 3. The number of esters is 1. The van der Waals surface area contributed by atoms with Gasteiger partial charge in [-0.2, -0.15) is 0 Å². The first-order valence-electron chi connectivity index (χ1n) is 7.70. The zero-order valence-electron chi connectivity index (χ0n) is 12.5. The highest BCUT2D eigenvalue weighted by molar-refractivity contribution is 9.09. The summed E-state index contributed by atoms with van der Waals surface area (Å²) >= 11 is 3.64. The molecule has 1 saturated heterocycles. The average molecular weight is 364 g/mol. The Morgan fingerprint density at radius 2 is 2.09 bits per heavy atom. The lowest BCUT2D eigenvalue weighted by atomic mass is 9.79. The third-order valence-corrected chi connectivity index (χ3v) is 6.67. The summed E-state index contributed by atoms with van der Waals surface area (Å²) in [6, 6.07) is 5.96. The minimum absolute atomic E-state index is 0.0346. The summed E-state index contributed by atoms with van der Waals surface area (Å²) < 4.78 is 5.46. The first-order valence-corrected chi connectivity index (χ1v) is 8.61. The van der Waals surface area contributed by atoms with Crippen molar-refractivity contribution in [3.63, 3.8) is 0 Å². The van der Waals surface area contributed by atoms with Crippen molar-refractivity contribution in [3.8, 4) is 0 Å². The number of rotatable bonds is 2. The van der Waals surface area contributed by atoms with Gasteiger partial charge in [0.2, 0.25) is 5.91 Å². The topological polar surface area (TPSA) is 55.4 Å². The third kappa shape index (κ3) is 1.87. The molecule has 1 N–H and O–H groups in total. The standard InChI is InChI=1S/C17H18BrNO3/c1-7-3-4-11(8(2)5-7)19-16(20)12-9-6-10-13(12)17(21)22-15(10)14(9)18/h3-5,9-10,12-15H,6H2,1-2H3,(H,19,20)/t9-,10-,12+,13+,14-,15+/m1/s1. The van der Waals surface area contributed by atoms with Crippen molar-refractivity contribution in [3.05, 3.63) is 29.3 Å². The predicted octanol–water partition coefficient (Wildman–Crippen LogP) is 2.81. The van der Waals surface area contributed by atoms with Crippen molar-refractivity contribution < 1.29 is 14.3 Å². The van der Waals surface area contributed by atoms with Crippen LogP contribution < -0.4 is 5.32 Å². The van der Waals surface area contributed by atoms with Crippen molar-refractivity contribution in [2.24, 2.45) is 23.7 Å². The molecule has 1 aromatic rings. The minimum Gasteiger partial charge on any atom is -0.461 e. The van der Waals surface area contributed by atoms with Gasteiger partial charge in [-0.15, -0.1) is 0 Å². The fraction of sp³-hybridized carbons (Fsp3) is 0.529. The van der Waals surface area contributed by atoms with Crippen LogP contribution in [-0.2, 0) is 14.3 Å². The molecule has 3 aliphatic rings. The van der Waals surface area contributed by atoms with Gasteiger partial charge in [0.1, 0.15) is 6.10 Å². The number of fused-ring (bicyclic) bond motifs is 1. The van der Waals surface area contributed by atoms with Crippen molar-refractivity contribution >= 4 is 33.5 Å². The molecule has 3 fully saturated rings. The van der Waals surface area contributed by atoms with Crippen LogP contribution in [0, 0.1) is 37.5 Å². The van der Waals surface area contributed by atoms with E-state index in [1.807, 2.05) is 32.0 Å². The van der Waals surface area contributed by atoms with E-state index in [9.17, 15) is 9.59 Å². The van der Waals surface area contributed by atoms with Gasteiger partial charge in [0.25, 0.3) is 0 Å². The van der Waals surface area contributed by atoms with E-state index in [1.54, 1.807) is 0 Å². The molecule has 6 atom stereocenters. The second-order valence-electron chi connectivity index (χ2n) is 6.77. The third-order valence-electron chi connectivity index (χ3n) is 5.47. The largest absolute Gasteiger partial charge is 0.461 e. The summed E-state index contributed by atoms with van der Waals surface area (Å²) in [6.45, 7) is 4.01. The predicted molar refractivity (Wildman–Crippen MR) is 85.7 cm³/mol. The first-order chi connectivity index (χ1) is 10.5. The number of aryl methyl sites for hydroxylation is 2. The van der Waals surface area contributed by atoms with Gasteiger partial charge in [-0.3, -0.25) is 9.59 Å². The number of nitrogens with one attached hydrogen (secondary N) is 1. The molecular weight excluding hydrogens is 346 g/mol. The molecule has 0 aromatic heterocycles. The number of hydrogen-bond donors (Lipinski definition) is 1. The molecule has 0 spiro atoms. The molecule has 4 rings (SSSR count). The fourth-order valence-corrected chi connectivity index (χ4v) is 5.54. The smallest absolute Gasteiger partial charge is 0.310 e. The van der Waals surface area contributed by atoms with E-state index < -0.39 is 0 Å². The number of ether oxygens (including phenoxy) is 1. The van der Waals surface area contributed by atoms with Crippen LogP contribution in [0.2, 0.25) is 0 Å². The van der Waals surface area contributed by atoms with Gasteiger partial charge < -0.3 is 10.1 Å². The van der Waals surface area contributed by atoms with Crippen LogP contribution in [0.3, 0.4) is 0 Å². The first kappa shape index (κ1) is 14.2. The maximum Gasteiger partial charge on any atom is 0.310 e. The Morgan fingerprint density at radius 3 is 2.82 bits per heavy atom. The van der Waals surface area contributed by atoms with Crippen molar-refractivity contribution in [2.75, 3.05) is 5.32 Å². The van der Waals surface area contributed by atoms with Crippen molar-refractivity contribution in [2.45, 2.75) is 31.2 Å². The minimum atomic E-state index is -0.277. The number of anilines is 1. The molecule has 1 amide bonds. The van der Waals surface area contributed by atoms with Gasteiger partial charge in [0.05, 0.1) is 16.7 Å². The summed E-state index contributed by atoms with van der Waals surface area (Å²) in [5.41, 5.74) is 3.03. The highest BCUT2D eigenvalue weighted by Gasteiger charge is 2.67. The van der Waals surface area contributed by atoms with Crippen LogP contribution in [-0.4, -0.2) is 22.8 Å². The lowest BCUT2D eigenvalue weighted by Crippen LogP contribution is -2.40. The Bertz CT molecular complexity index is 674. The van der Waals surface area contributed by atoms with Crippen molar-refractivity contribution in [1.82, 2.24) is 0 Å². The maximum atomic E-state index is 12.8. The summed E-state index contributed by atoms with van der Waals surface area (Å²) in [7, 11) is 0. The molecule has 22 heavy (non-hydrogen) atoms. The Kier molecular flexibility index (Phi) is 3.12. The summed E-state index contributed by atoms with van der Waals surface area (Å²) in [5.74, 6) is -0.378. The SMILES string of the molecule is Cc1ccc(NC(=O)[C@H]2[C@H]3C[C@H]4[C@H](OC(=O)[C@@H]42)[C@@H]3Br)c(C)c1. The fourth-order valence-electron chi connectivity index (χ4n) is 4.50. The van der Waals surface area contributed by atoms with Gasteiger partial charge in [-0.1, -0.05) is 33.6 Å². The van der Waals surface area contributed by atoms with E-state index in [2.05, 4.69) is 21.2 Å². The number of carbonyl (C=O) groups excluding carboxylic acids is 2. The lowest BCUT2D eigenvalue weighted by Gasteiger charge is -2.27. The molecule has 0 unspecified atom stereocenters. The molecule has 2 saturated carbocycles. The van der Waals surface area contributed by atoms with Crippen LogP contribution in [0.5, 0.6) is 0 Å². The molecular formula is C17H18BrNO3. The van der Waals surface area contributed by atoms with E-state index in [1.165, 1.54) is 0 Å². The zero-order valence-corrected chi connectivity index (χ0v) is 14.1. The molecule has 1 aromatic carbocycles. The Labute approximate surface area is 137 Å². The average Bonchev–Trinajstić information content (AvgIpc) is 3.06. The quantitative estimate of drug-likeness (QED) is 0.649. The monoisotopic (exact) mass is 363 g/mol. The van der Waals surface area contributed by atoms with E-state index in [0.717, 1.165) is 23.2 Å². The van der Waals surface area contributed by atoms with Gasteiger partial charge in [0, 0.05) is 11.6 Å². The Morgan fingerprint density at radius 1 is 1.32 bits per heavy atom. The van der Waals surface area contributed by atoms with Crippen LogP contribution in [0.1, 0.15) is 17.5 Å². The maximum absolute atomic E-state index is 12.8. The van der Waals surface area contributed by atoms with E-state index in [0.29, 0.717) is 0 Å². The molecule has 1 heterocycles. The highest BCUT2D eigenvalue weighted by Crippen LogP contribution is 2.60. The van der Waals surface area contributed by atoms with Gasteiger partial charge in [0.15, 0.2) is 0 Å². The molecule has 1 aliphatic heterocycles. The van der Waals surface area contributed by atoms with E-state index in [4.69, 9.17) is 4.74 Å². The summed E-state index contributed by atoms with van der Waals surface area (Å²) in [4.78, 5) is 25.0. The van der Waals surface area contributed by atoms with Gasteiger partial charge in [-0.25, -0.2) is 0 Å². The van der Waals surface area contributed by atoms with Crippen LogP contribution >= 0.6 is 15.9 Å². The van der Waals surface area contributed by atoms with E-state index >= 15 is 0 Å². The van der Waals surface area contributed by atoms with E-state index in [-0.39, 0.29) is 46.5 Å². The highest BCUT2D eigenvalue weighted by atomic mass is 79.9. The summed E-state index contributed by atoms with van der Waals surface area (Å²) in [5, 5.41) is 3.02. The molecule has 4 nitrogen and oxygen atoms in total. The molecule has 5 heteroatoms. The van der Waals surface area contributed by atoms with Crippen LogP contribution in [0.4, 0.5) is 5.69 Å². The van der Waals surface area contributed by atoms with Gasteiger partial charge in [-0.05, 0) is 37.8 Å². The number of alkyl halides is 1. The number of halogens is 1. The molecule has 116 valence electrons. The van der Waals surface area contributed by atoms with Crippen molar-refractivity contribution in [1.29, 1.82) is 0 Å². The molecule has 0 radical (unpaired) electrons. The number of benzene rings is 1. The zero-order chi connectivity index (χ0) is 15.6. The Hall–Kier alpha value is -1.36. The Balaban J connectivity index is 1.59.